The van der Waals surface area contributed by atoms with E-state index < -0.39 is 5.60 Å². The van der Waals surface area contributed by atoms with Crippen LogP contribution in [0, 0.1) is 11.3 Å². The Morgan fingerprint density at radius 3 is 2.59 bits per heavy atom. The van der Waals surface area contributed by atoms with E-state index in [0.29, 0.717) is 31.6 Å². The molecule has 0 saturated carbocycles. The number of hydrogen-bond donors (Lipinski definition) is 0. The predicted molar refractivity (Wildman–Crippen MR) is 155 cm³/mol. The third-order valence-corrected chi connectivity index (χ3v) is 8.12. The molecule has 0 bridgehead atoms. The van der Waals surface area contributed by atoms with Crippen LogP contribution in [0.5, 0.6) is 0 Å². The van der Waals surface area contributed by atoms with Gasteiger partial charge in [0.15, 0.2) is 5.82 Å². The van der Waals surface area contributed by atoms with Crippen LogP contribution >= 0.6 is 0 Å². The highest BCUT2D eigenvalue weighted by molar-refractivity contribution is 5.87. The van der Waals surface area contributed by atoms with Crippen molar-refractivity contribution in [2.24, 2.45) is 7.05 Å². The Hall–Kier alpha value is -4.04. The van der Waals surface area contributed by atoms with Crippen molar-refractivity contribution >= 4 is 23.3 Å². The summed E-state index contributed by atoms with van der Waals surface area (Å²) in [4.78, 5) is 19.4. The number of rotatable bonds is 3. The zero-order chi connectivity index (χ0) is 28.9. The maximum absolute atomic E-state index is 13.1. The molecule has 41 heavy (non-hydrogen) atoms. The second kappa shape index (κ2) is 10.4. The summed E-state index contributed by atoms with van der Waals surface area (Å²) in [7, 11) is 3.95. The van der Waals surface area contributed by atoms with E-state index in [-0.39, 0.29) is 12.1 Å². The summed E-state index contributed by atoms with van der Waals surface area (Å²) < 4.78 is 15.3. The summed E-state index contributed by atoms with van der Waals surface area (Å²) in [6, 6.07) is 6.73. The molecule has 1 aromatic carbocycles. The Bertz CT molecular complexity index is 1500. The molecular formula is C30H38N8O3. The van der Waals surface area contributed by atoms with Crippen LogP contribution in [0.15, 0.2) is 24.5 Å². The number of benzene rings is 1. The monoisotopic (exact) mass is 558 g/mol. The second-order valence-corrected chi connectivity index (χ2v) is 12.2. The molecule has 11 heteroatoms. The number of likely N-dealkylation sites (N-methyl/N-ethyl adjacent to an activating group) is 1. The fourth-order valence-electron chi connectivity index (χ4n) is 6.06. The molecule has 6 rings (SSSR count). The minimum absolute atomic E-state index is 0.258. The second-order valence-electron chi connectivity index (χ2n) is 12.2. The number of amides is 1. The van der Waals surface area contributed by atoms with Crippen molar-refractivity contribution in [2.75, 3.05) is 49.7 Å². The van der Waals surface area contributed by atoms with Crippen LogP contribution in [0.4, 0.5) is 22.0 Å². The molecule has 3 aliphatic heterocycles. The molecule has 0 radical (unpaired) electrons. The van der Waals surface area contributed by atoms with Gasteiger partial charge in [0.25, 0.3) is 0 Å². The van der Waals surface area contributed by atoms with Crippen molar-refractivity contribution in [3.63, 3.8) is 0 Å². The standard InChI is InChI=1S/C30H38N8O3/c1-30(2,3)41-29(39)36-9-6-25-24(19-36)28(33-38(25)22-7-12-40-13-8-22)37-11-10-34(4)26-15-23(20(16-31)14-27(26)37)21-17-32-35(5)18-21/h14-15,17-18,22H,6-13,19H2,1-5H3. The molecule has 2 aromatic heterocycles. The van der Waals surface area contributed by atoms with Gasteiger partial charge in [-0.1, -0.05) is 0 Å². The largest absolute Gasteiger partial charge is 0.444 e. The number of hydrogen-bond acceptors (Lipinski definition) is 8. The molecule has 0 unspecified atom stereocenters. The normalized spacial score (nSPS) is 17.7. The van der Waals surface area contributed by atoms with Gasteiger partial charge in [-0.3, -0.25) is 9.36 Å². The number of carbonyl (C=O) groups is 1. The quantitative estimate of drug-likeness (QED) is 0.466. The van der Waals surface area contributed by atoms with Crippen LogP contribution in [-0.4, -0.2) is 76.1 Å². The first-order valence-electron chi connectivity index (χ1n) is 14.3. The lowest BCUT2D eigenvalue weighted by Gasteiger charge is -2.37. The summed E-state index contributed by atoms with van der Waals surface area (Å²) in [5, 5.41) is 19.8. The molecule has 1 amide bonds. The molecule has 0 spiro atoms. The van der Waals surface area contributed by atoms with Gasteiger partial charge in [0.1, 0.15) is 5.60 Å². The lowest BCUT2D eigenvalue weighted by atomic mass is 9.98. The molecule has 1 saturated heterocycles. The van der Waals surface area contributed by atoms with Gasteiger partial charge in [0.05, 0.1) is 41.8 Å². The highest BCUT2D eigenvalue weighted by Crippen LogP contribution is 2.44. The Balaban J connectivity index is 1.44. The number of anilines is 3. The lowest BCUT2D eigenvalue weighted by molar-refractivity contribution is 0.0221. The number of nitriles is 1. The van der Waals surface area contributed by atoms with Crippen molar-refractivity contribution in [3.8, 4) is 17.2 Å². The smallest absolute Gasteiger partial charge is 0.410 e. The van der Waals surface area contributed by atoms with Crippen LogP contribution in [-0.2, 0) is 29.5 Å². The van der Waals surface area contributed by atoms with Crippen molar-refractivity contribution in [3.05, 3.63) is 41.3 Å². The van der Waals surface area contributed by atoms with Crippen LogP contribution in [0.3, 0.4) is 0 Å². The number of nitrogens with zero attached hydrogens (tertiary/aromatic N) is 8. The van der Waals surface area contributed by atoms with Crippen molar-refractivity contribution in [2.45, 2.75) is 58.2 Å². The topological polar surface area (TPSA) is 105 Å². The highest BCUT2D eigenvalue weighted by atomic mass is 16.6. The van der Waals surface area contributed by atoms with E-state index in [1.807, 2.05) is 40.1 Å². The summed E-state index contributed by atoms with van der Waals surface area (Å²) in [5.74, 6) is 0.854. The molecule has 0 atom stereocenters. The molecule has 1 fully saturated rings. The summed E-state index contributed by atoms with van der Waals surface area (Å²) in [6.07, 6.45) is 5.95. The maximum atomic E-state index is 13.1. The van der Waals surface area contributed by atoms with Gasteiger partial charge >= 0.3 is 6.09 Å². The van der Waals surface area contributed by atoms with Gasteiger partial charge in [0.2, 0.25) is 0 Å². The van der Waals surface area contributed by atoms with Crippen LogP contribution in [0.2, 0.25) is 0 Å². The van der Waals surface area contributed by atoms with E-state index in [9.17, 15) is 10.1 Å². The Labute approximate surface area is 240 Å². The van der Waals surface area contributed by atoms with E-state index in [0.717, 1.165) is 66.5 Å². The van der Waals surface area contributed by atoms with E-state index in [1.165, 1.54) is 5.69 Å². The van der Waals surface area contributed by atoms with E-state index in [2.05, 4.69) is 38.8 Å². The fraction of sp³-hybridized carbons (Fsp3) is 0.533. The Kier molecular flexibility index (Phi) is 6.90. The minimum atomic E-state index is -0.567. The number of aromatic nitrogens is 4. The summed E-state index contributed by atoms with van der Waals surface area (Å²) >= 11 is 0. The number of aryl methyl sites for hydroxylation is 1. The first kappa shape index (κ1) is 27.1. The van der Waals surface area contributed by atoms with Crippen LogP contribution in [0.25, 0.3) is 11.1 Å². The van der Waals surface area contributed by atoms with Gasteiger partial charge in [0, 0.05) is 81.9 Å². The summed E-state index contributed by atoms with van der Waals surface area (Å²) in [5.41, 5.74) is 6.00. The lowest BCUT2D eigenvalue weighted by Crippen LogP contribution is -2.41. The first-order chi connectivity index (χ1) is 19.6. The molecule has 3 aliphatic rings. The molecule has 5 heterocycles. The predicted octanol–water partition coefficient (Wildman–Crippen LogP) is 4.39. The number of carbonyl (C=O) groups excluding carboxylic acids is 1. The maximum Gasteiger partial charge on any atom is 0.410 e. The van der Waals surface area contributed by atoms with Gasteiger partial charge in [-0.25, -0.2) is 4.79 Å². The SMILES string of the molecule is CN1CCN(c2nn(C3CCOCC3)c3c2CN(C(=O)OC(C)(C)C)CC3)c2cc(C#N)c(-c3cnn(C)c3)cc21. The van der Waals surface area contributed by atoms with E-state index in [4.69, 9.17) is 14.6 Å². The van der Waals surface area contributed by atoms with Crippen molar-refractivity contribution in [1.29, 1.82) is 5.26 Å². The van der Waals surface area contributed by atoms with Crippen LogP contribution < -0.4 is 9.80 Å². The third kappa shape index (κ3) is 5.12. The van der Waals surface area contributed by atoms with Crippen molar-refractivity contribution < 1.29 is 14.3 Å². The molecular weight excluding hydrogens is 520 g/mol. The van der Waals surface area contributed by atoms with Gasteiger partial charge < -0.3 is 24.2 Å². The zero-order valence-corrected chi connectivity index (χ0v) is 24.6. The van der Waals surface area contributed by atoms with E-state index >= 15 is 0 Å². The molecule has 11 nitrogen and oxygen atoms in total. The third-order valence-electron chi connectivity index (χ3n) is 8.12. The van der Waals surface area contributed by atoms with Gasteiger partial charge in [-0.15, -0.1) is 0 Å². The first-order valence-corrected chi connectivity index (χ1v) is 14.3. The Morgan fingerprint density at radius 2 is 1.90 bits per heavy atom. The molecule has 216 valence electrons. The van der Waals surface area contributed by atoms with Crippen molar-refractivity contribution in [1.82, 2.24) is 24.5 Å². The summed E-state index contributed by atoms with van der Waals surface area (Å²) in [6.45, 7) is 9.64. The highest BCUT2D eigenvalue weighted by Gasteiger charge is 2.36. The fourth-order valence-corrected chi connectivity index (χ4v) is 6.06. The van der Waals surface area contributed by atoms with E-state index in [1.54, 1.807) is 15.8 Å². The Morgan fingerprint density at radius 1 is 1.12 bits per heavy atom. The zero-order valence-electron chi connectivity index (χ0n) is 24.6. The number of fused-ring (bicyclic) bond motifs is 2. The molecule has 0 aliphatic carbocycles. The average molecular weight is 559 g/mol. The average Bonchev–Trinajstić information content (AvgIpc) is 3.55. The van der Waals surface area contributed by atoms with Gasteiger partial charge in [-0.2, -0.15) is 15.5 Å². The van der Waals surface area contributed by atoms with Crippen LogP contribution in [0.1, 0.15) is 56.5 Å². The number of ether oxygens (including phenoxy) is 2. The minimum Gasteiger partial charge on any atom is -0.444 e. The van der Waals surface area contributed by atoms with Gasteiger partial charge in [-0.05, 0) is 45.7 Å². The molecule has 3 aromatic rings. The molecule has 0 N–H and O–H groups in total.